The number of halogens is 1. The van der Waals surface area contributed by atoms with Crippen molar-refractivity contribution in [3.05, 3.63) is 22.7 Å². The monoisotopic (exact) mass is 330 g/mol. The number of nitrogens with two attached hydrogens (primary N) is 1. The van der Waals surface area contributed by atoms with E-state index in [0.717, 1.165) is 37.7 Å². The van der Waals surface area contributed by atoms with Crippen molar-refractivity contribution in [3.63, 3.8) is 0 Å². The molecule has 0 aliphatic carbocycles. The van der Waals surface area contributed by atoms with Crippen LogP contribution in [0.25, 0.3) is 0 Å². The molecule has 2 N–H and O–H groups in total. The molecule has 1 fully saturated rings. The first-order chi connectivity index (χ1) is 9.87. The second-order valence-corrected chi connectivity index (χ2v) is 7.93. The van der Waals surface area contributed by atoms with Gasteiger partial charge in [0.15, 0.2) is 0 Å². The van der Waals surface area contributed by atoms with Gasteiger partial charge in [-0.15, -0.1) is 0 Å². The van der Waals surface area contributed by atoms with Gasteiger partial charge in [0.2, 0.25) is 10.0 Å². The fourth-order valence-electron chi connectivity index (χ4n) is 2.87. The largest absolute Gasteiger partial charge is 0.398 e. The maximum atomic E-state index is 13.0. The zero-order chi connectivity index (χ0) is 15.6. The highest BCUT2D eigenvalue weighted by molar-refractivity contribution is 7.89. The van der Waals surface area contributed by atoms with E-state index in [1.54, 1.807) is 10.4 Å². The number of sulfonamides is 1. The van der Waals surface area contributed by atoms with E-state index >= 15 is 0 Å². The molecule has 0 spiro atoms. The molecule has 4 nitrogen and oxygen atoms in total. The van der Waals surface area contributed by atoms with Crippen molar-refractivity contribution < 1.29 is 8.42 Å². The summed E-state index contributed by atoms with van der Waals surface area (Å²) >= 11 is 6.18. The maximum absolute atomic E-state index is 13.0. The molecule has 1 atom stereocenters. The van der Waals surface area contributed by atoms with Crippen molar-refractivity contribution in [2.24, 2.45) is 0 Å². The third-order valence-corrected chi connectivity index (χ3v) is 6.62. The Hall–Kier alpha value is -0.780. The number of hydrogen-bond acceptors (Lipinski definition) is 3. The molecule has 0 bridgehead atoms. The smallest absolute Gasteiger partial charge is 0.244 e. The van der Waals surface area contributed by atoms with Crippen LogP contribution in [0.5, 0.6) is 0 Å². The molecule has 0 aromatic heterocycles. The fraction of sp³-hybridized carbons (Fsp3) is 0.600. The normalized spacial score (nSPS) is 21.2. The number of hydrogen-bond donors (Lipinski definition) is 1. The predicted molar refractivity (Wildman–Crippen MR) is 87.0 cm³/mol. The van der Waals surface area contributed by atoms with Gasteiger partial charge in [-0.2, -0.15) is 4.31 Å². The van der Waals surface area contributed by atoms with Gasteiger partial charge in [-0.3, -0.25) is 0 Å². The Balaban J connectivity index is 2.47. The minimum absolute atomic E-state index is 0.0519. The number of aryl methyl sites for hydroxylation is 1. The van der Waals surface area contributed by atoms with Crippen molar-refractivity contribution in [2.75, 3.05) is 12.3 Å². The van der Waals surface area contributed by atoms with Crippen LogP contribution in [-0.2, 0) is 10.0 Å². The molecule has 21 heavy (non-hydrogen) atoms. The van der Waals surface area contributed by atoms with E-state index in [1.807, 2.05) is 13.8 Å². The first kappa shape index (κ1) is 16.6. The highest BCUT2D eigenvalue weighted by Gasteiger charge is 2.33. The third kappa shape index (κ3) is 3.35. The summed E-state index contributed by atoms with van der Waals surface area (Å²) in [6.45, 7) is 4.41. The minimum atomic E-state index is -3.60. The van der Waals surface area contributed by atoms with E-state index in [1.165, 1.54) is 6.07 Å². The van der Waals surface area contributed by atoms with E-state index in [-0.39, 0.29) is 16.0 Å². The Bertz CT molecular complexity index is 616. The Labute approximate surface area is 132 Å². The van der Waals surface area contributed by atoms with E-state index in [0.29, 0.717) is 12.2 Å². The van der Waals surface area contributed by atoms with Crippen molar-refractivity contribution >= 4 is 27.3 Å². The molecule has 2 rings (SSSR count). The van der Waals surface area contributed by atoms with Gasteiger partial charge in [-0.05, 0) is 43.9 Å². The number of rotatable bonds is 3. The van der Waals surface area contributed by atoms with Crippen LogP contribution in [-0.4, -0.2) is 25.3 Å². The molecule has 1 aliphatic rings. The zero-order valence-electron chi connectivity index (χ0n) is 12.6. The van der Waals surface area contributed by atoms with Gasteiger partial charge in [0.05, 0.1) is 5.02 Å². The van der Waals surface area contributed by atoms with Crippen LogP contribution in [0.2, 0.25) is 5.02 Å². The average Bonchev–Trinajstić information content (AvgIpc) is 2.68. The lowest BCUT2D eigenvalue weighted by molar-refractivity contribution is 0.315. The number of anilines is 1. The molecule has 1 unspecified atom stereocenters. The lowest BCUT2D eigenvalue weighted by Gasteiger charge is -2.28. The van der Waals surface area contributed by atoms with Gasteiger partial charge in [0.1, 0.15) is 4.90 Å². The van der Waals surface area contributed by atoms with Crippen molar-refractivity contribution in [1.82, 2.24) is 4.31 Å². The van der Waals surface area contributed by atoms with Crippen LogP contribution in [0.1, 0.15) is 44.6 Å². The fourth-order valence-corrected chi connectivity index (χ4v) is 5.23. The SMILES string of the molecule is CCC1CCCCCN1S(=O)(=O)c1cc(N)c(C)cc1Cl. The van der Waals surface area contributed by atoms with E-state index < -0.39 is 10.0 Å². The van der Waals surface area contributed by atoms with E-state index in [2.05, 4.69) is 0 Å². The van der Waals surface area contributed by atoms with Gasteiger partial charge in [-0.25, -0.2) is 8.42 Å². The summed E-state index contributed by atoms with van der Waals surface area (Å²) in [6, 6.07) is 3.17. The Morgan fingerprint density at radius 2 is 2.05 bits per heavy atom. The summed E-state index contributed by atoms with van der Waals surface area (Å²) in [7, 11) is -3.60. The van der Waals surface area contributed by atoms with E-state index in [9.17, 15) is 8.42 Å². The van der Waals surface area contributed by atoms with Gasteiger partial charge in [0.25, 0.3) is 0 Å². The number of nitrogens with zero attached hydrogens (tertiary/aromatic N) is 1. The van der Waals surface area contributed by atoms with Gasteiger partial charge in [-0.1, -0.05) is 31.4 Å². The lowest BCUT2D eigenvalue weighted by atomic mass is 10.1. The van der Waals surface area contributed by atoms with Gasteiger partial charge >= 0.3 is 0 Å². The van der Waals surface area contributed by atoms with Gasteiger partial charge < -0.3 is 5.73 Å². The zero-order valence-corrected chi connectivity index (χ0v) is 14.2. The molecule has 1 aromatic rings. The standard InChI is InChI=1S/C15H23ClN2O2S/c1-3-12-7-5-4-6-8-18(12)21(19,20)15-10-14(17)11(2)9-13(15)16/h9-10,12H,3-8,17H2,1-2H3. The lowest BCUT2D eigenvalue weighted by Crippen LogP contribution is -2.39. The second kappa shape index (κ2) is 6.55. The molecule has 6 heteroatoms. The average molecular weight is 331 g/mol. The van der Waals surface area contributed by atoms with Crippen LogP contribution < -0.4 is 5.73 Å². The molecule has 0 radical (unpaired) electrons. The number of nitrogen functional groups attached to an aromatic ring is 1. The summed E-state index contributed by atoms with van der Waals surface area (Å²) in [4.78, 5) is 0.132. The molecular weight excluding hydrogens is 308 g/mol. The predicted octanol–water partition coefficient (Wildman–Crippen LogP) is 3.57. The summed E-state index contributed by atoms with van der Waals surface area (Å²) in [5, 5.41) is 0.251. The van der Waals surface area contributed by atoms with Crippen LogP contribution >= 0.6 is 11.6 Å². The molecule has 1 saturated heterocycles. The first-order valence-electron chi connectivity index (χ1n) is 7.45. The third-order valence-electron chi connectivity index (χ3n) is 4.20. The van der Waals surface area contributed by atoms with Crippen LogP contribution in [0.15, 0.2) is 17.0 Å². The quantitative estimate of drug-likeness (QED) is 0.862. The van der Waals surface area contributed by atoms with Crippen molar-refractivity contribution in [1.29, 1.82) is 0 Å². The first-order valence-corrected chi connectivity index (χ1v) is 9.27. The molecule has 1 heterocycles. The van der Waals surface area contributed by atoms with Gasteiger partial charge in [0, 0.05) is 18.3 Å². The molecular formula is C15H23ClN2O2S. The summed E-state index contributed by atoms with van der Waals surface area (Å²) in [5.41, 5.74) is 7.12. The molecule has 1 aliphatic heterocycles. The summed E-state index contributed by atoms with van der Waals surface area (Å²) in [5.74, 6) is 0. The highest BCUT2D eigenvalue weighted by Crippen LogP contribution is 2.32. The number of benzene rings is 1. The van der Waals surface area contributed by atoms with Crippen molar-refractivity contribution in [3.8, 4) is 0 Å². The summed E-state index contributed by atoms with van der Waals surface area (Å²) in [6.07, 6.45) is 4.78. The summed E-state index contributed by atoms with van der Waals surface area (Å²) < 4.78 is 27.6. The maximum Gasteiger partial charge on any atom is 0.244 e. The molecule has 118 valence electrons. The Morgan fingerprint density at radius 3 is 2.71 bits per heavy atom. The van der Waals surface area contributed by atoms with Crippen molar-refractivity contribution in [2.45, 2.75) is 56.9 Å². The van der Waals surface area contributed by atoms with Crippen LogP contribution in [0, 0.1) is 6.92 Å². The highest BCUT2D eigenvalue weighted by atomic mass is 35.5. The minimum Gasteiger partial charge on any atom is -0.398 e. The van der Waals surface area contributed by atoms with Crippen LogP contribution in [0.3, 0.4) is 0 Å². The topological polar surface area (TPSA) is 63.4 Å². The molecule has 1 aromatic carbocycles. The second-order valence-electron chi connectivity index (χ2n) is 5.67. The Kier molecular flexibility index (Phi) is 5.17. The molecule has 0 amide bonds. The Morgan fingerprint density at radius 1 is 1.33 bits per heavy atom. The molecule has 0 saturated carbocycles. The van der Waals surface area contributed by atoms with Crippen LogP contribution in [0.4, 0.5) is 5.69 Å². The van der Waals surface area contributed by atoms with E-state index in [4.69, 9.17) is 17.3 Å².